The van der Waals surface area contributed by atoms with Crippen LogP contribution in [0.5, 0.6) is 0 Å². The summed E-state index contributed by atoms with van der Waals surface area (Å²) in [7, 11) is 0. The van der Waals surface area contributed by atoms with Crippen LogP contribution in [0.3, 0.4) is 0 Å². The van der Waals surface area contributed by atoms with Crippen molar-refractivity contribution in [3.63, 3.8) is 0 Å². The van der Waals surface area contributed by atoms with Crippen molar-refractivity contribution in [3.8, 4) is 0 Å². The van der Waals surface area contributed by atoms with Crippen LogP contribution >= 0.6 is 11.6 Å². The Labute approximate surface area is 171 Å². The molecule has 1 unspecified atom stereocenters. The molecule has 1 aliphatic heterocycles. The SMILES string of the molecule is Fc1ccc(C2CCCN2c2ncnc(Nc3cc(C4CC4)[nH]n3)c2Cl)c(F)c1. The van der Waals surface area contributed by atoms with E-state index >= 15 is 0 Å². The molecule has 1 saturated carbocycles. The van der Waals surface area contributed by atoms with Crippen LogP contribution in [0.25, 0.3) is 0 Å². The average Bonchev–Trinajstić information content (AvgIpc) is 3.25. The van der Waals surface area contributed by atoms with Gasteiger partial charge in [0.25, 0.3) is 0 Å². The molecule has 1 saturated heterocycles. The number of nitrogens with one attached hydrogen (secondary N) is 2. The van der Waals surface area contributed by atoms with Gasteiger partial charge in [0.2, 0.25) is 0 Å². The molecule has 1 aromatic carbocycles. The first kappa shape index (κ1) is 18.3. The first-order valence-corrected chi connectivity index (χ1v) is 10.0. The minimum atomic E-state index is -0.591. The maximum atomic E-state index is 14.4. The number of rotatable bonds is 5. The van der Waals surface area contributed by atoms with E-state index in [1.165, 1.54) is 31.3 Å². The molecule has 0 radical (unpaired) electrons. The summed E-state index contributed by atoms with van der Waals surface area (Å²) in [5, 5.41) is 10.8. The van der Waals surface area contributed by atoms with Crippen LogP contribution < -0.4 is 10.2 Å². The second-order valence-corrected chi connectivity index (χ2v) is 7.86. The van der Waals surface area contributed by atoms with Gasteiger partial charge in [0, 0.05) is 35.9 Å². The summed E-state index contributed by atoms with van der Waals surface area (Å²) in [5.74, 6) is 1.01. The molecule has 9 heteroatoms. The van der Waals surface area contributed by atoms with E-state index < -0.39 is 11.6 Å². The fraction of sp³-hybridized carbons (Fsp3) is 0.350. The van der Waals surface area contributed by atoms with Crippen molar-refractivity contribution >= 4 is 29.1 Å². The maximum absolute atomic E-state index is 14.4. The number of halogens is 3. The first-order chi connectivity index (χ1) is 14.1. The summed E-state index contributed by atoms with van der Waals surface area (Å²) in [4.78, 5) is 10.5. The van der Waals surface area contributed by atoms with Gasteiger partial charge in [0.15, 0.2) is 17.5 Å². The molecule has 1 atom stereocenters. The summed E-state index contributed by atoms with van der Waals surface area (Å²) in [6.07, 6.45) is 5.37. The minimum absolute atomic E-state index is 0.261. The third-order valence-corrected chi connectivity index (χ3v) is 5.83. The van der Waals surface area contributed by atoms with Crippen molar-refractivity contribution < 1.29 is 8.78 Å². The van der Waals surface area contributed by atoms with Crippen molar-refractivity contribution in [2.45, 2.75) is 37.6 Å². The van der Waals surface area contributed by atoms with Crippen LogP contribution in [0.1, 0.15) is 48.9 Å². The van der Waals surface area contributed by atoms with Gasteiger partial charge in [-0.1, -0.05) is 17.7 Å². The van der Waals surface area contributed by atoms with Crippen molar-refractivity contribution in [1.82, 2.24) is 20.2 Å². The molecule has 6 nitrogen and oxygen atoms in total. The van der Waals surface area contributed by atoms with Gasteiger partial charge >= 0.3 is 0 Å². The number of H-pyrrole nitrogens is 1. The van der Waals surface area contributed by atoms with E-state index in [0.29, 0.717) is 40.5 Å². The third-order valence-electron chi connectivity index (χ3n) is 5.48. The van der Waals surface area contributed by atoms with E-state index in [9.17, 15) is 8.78 Å². The Morgan fingerprint density at radius 3 is 2.79 bits per heavy atom. The van der Waals surface area contributed by atoms with Crippen molar-refractivity contribution in [2.75, 3.05) is 16.8 Å². The number of hydrogen-bond acceptors (Lipinski definition) is 5. The zero-order valence-corrected chi connectivity index (χ0v) is 16.3. The van der Waals surface area contributed by atoms with Gasteiger partial charge in [0.05, 0.1) is 6.04 Å². The van der Waals surface area contributed by atoms with Gasteiger partial charge in [-0.25, -0.2) is 18.7 Å². The van der Waals surface area contributed by atoms with Crippen molar-refractivity contribution in [1.29, 1.82) is 0 Å². The van der Waals surface area contributed by atoms with Gasteiger partial charge in [-0.15, -0.1) is 0 Å². The van der Waals surface area contributed by atoms with Gasteiger partial charge in [-0.05, 0) is 31.7 Å². The normalized spacial score (nSPS) is 19.0. The number of benzene rings is 1. The second-order valence-electron chi connectivity index (χ2n) is 7.48. The minimum Gasteiger partial charge on any atom is -0.348 e. The third kappa shape index (κ3) is 3.53. The summed E-state index contributed by atoms with van der Waals surface area (Å²) < 4.78 is 27.7. The van der Waals surface area contributed by atoms with Crippen LogP contribution in [-0.2, 0) is 0 Å². The Hall–Kier alpha value is -2.74. The quantitative estimate of drug-likeness (QED) is 0.606. The monoisotopic (exact) mass is 416 g/mol. The van der Waals surface area contributed by atoms with Gasteiger partial charge < -0.3 is 10.2 Å². The van der Waals surface area contributed by atoms with E-state index in [2.05, 4.69) is 25.5 Å². The maximum Gasteiger partial charge on any atom is 0.156 e. The van der Waals surface area contributed by atoms with Crippen LogP contribution in [0.2, 0.25) is 5.02 Å². The van der Waals surface area contributed by atoms with E-state index in [0.717, 1.165) is 24.6 Å². The molecule has 2 fully saturated rings. The molecule has 2 N–H and O–H groups in total. The number of anilines is 3. The number of hydrogen-bond donors (Lipinski definition) is 2. The predicted octanol–water partition coefficient (Wildman–Crippen LogP) is 5.09. The highest BCUT2D eigenvalue weighted by Crippen LogP contribution is 2.42. The topological polar surface area (TPSA) is 69.7 Å². The van der Waals surface area contributed by atoms with E-state index in [4.69, 9.17) is 11.6 Å². The lowest BCUT2D eigenvalue weighted by molar-refractivity contribution is 0.553. The molecule has 150 valence electrons. The summed E-state index contributed by atoms with van der Waals surface area (Å²) in [5.41, 5.74) is 1.54. The van der Waals surface area contributed by atoms with E-state index in [1.54, 1.807) is 0 Å². The zero-order chi connectivity index (χ0) is 20.0. The highest BCUT2D eigenvalue weighted by Gasteiger charge is 2.31. The highest BCUT2D eigenvalue weighted by atomic mass is 35.5. The molecular formula is C20H19ClF2N6. The summed E-state index contributed by atoms with van der Waals surface area (Å²) in [6.45, 7) is 0.673. The number of aromatic amines is 1. The largest absolute Gasteiger partial charge is 0.348 e. The summed E-state index contributed by atoms with van der Waals surface area (Å²) in [6, 6.07) is 5.38. The summed E-state index contributed by atoms with van der Waals surface area (Å²) >= 11 is 6.62. The molecule has 29 heavy (non-hydrogen) atoms. The van der Waals surface area contributed by atoms with Gasteiger partial charge in [-0.3, -0.25) is 5.10 Å². The molecule has 0 bridgehead atoms. The Morgan fingerprint density at radius 2 is 2.00 bits per heavy atom. The highest BCUT2D eigenvalue weighted by molar-refractivity contribution is 6.35. The Bertz CT molecular complexity index is 1050. The van der Waals surface area contributed by atoms with Gasteiger partial charge in [-0.2, -0.15) is 5.10 Å². The smallest absolute Gasteiger partial charge is 0.156 e. The van der Waals surface area contributed by atoms with Gasteiger partial charge in [0.1, 0.15) is 23.0 Å². The molecule has 0 spiro atoms. The number of nitrogens with zero attached hydrogens (tertiary/aromatic N) is 4. The Balaban J connectivity index is 1.43. The van der Waals surface area contributed by atoms with E-state index in [1.807, 2.05) is 11.0 Å². The van der Waals surface area contributed by atoms with Crippen LogP contribution in [0.4, 0.5) is 26.2 Å². The van der Waals surface area contributed by atoms with Crippen LogP contribution in [0.15, 0.2) is 30.6 Å². The molecule has 3 heterocycles. The standard InChI is InChI=1S/C20H19ClF2N6/c21-18-19(26-17-9-15(27-28-17)11-3-4-11)24-10-25-20(18)29-7-1-2-16(29)13-6-5-12(22)8-14(13)23/h5-6,8-11,16H,1-4,7H2,(H2,24,25,26,27,28). The fourth-order valence-electron chi connectivity index (χ4n) is 3.89. The van der Waals surface area contributed by atoms with Crippen LogP contribution in [-0.4, -0.2) is 26.7 Å². The predicted molar refractivity (Wildman–Crippen MR) is 107 cm³/mol. The molecule has 3 aromatic rings. The van der Waals surface area contributed by atoms with Crippen LogP contribution in [0, 0.1) is 11.6 Å². The Morgan fingerprint density at radius 1 is 1.14 bits per heavy atom. The fourth-order valence-corrected chi connectivity index (χ4v) is 4.14. The van der Waals surface area contributed by atoms with Crippen molar-refractivity contribution in [3.05, 3.63) is 58.5 Å². The lowest BCUT2D eigenvalue weighted by Crippen LogP contribution is -2.25. The average molecular weight is 417 g/mol. The molecule has 5 rings (SSSR count). The second kappa shape index (κ2) is 7.26. The molecule has 2 aromatic heterocycles. The number of aromatic nitrogens is 4. The molecule has 2 aliphatic rings. The van der Waals surface area contributed by atoms with Crippen molar-refractivity contribution in [2.24, 2.45) is 0 Å². The van der Waals surface area contributed by atoms with E-state index in [-0.39, 0.29) is 6.04 Å². The zero-order valence-electron chi connectivity index (χ0n) is 15.5. The first-order valence-electron chi connectivity index (χ1n) is 9.64. The molecular weight excluding hydrogens is 398 g/mol. The lowest BCUT2D eigenvalue weighted by Gasteiger charge is -2.27. The molecule has 1 aliphatic carbocycles. The Kier molecular flexibility index (Phi) is 4.58. The molecule has 0 amide bonds. The lowest BCUT2D eigenvalue weighted by atomic mass is 10.0.